The van der Waals surface area contributed by atoms with E-state index in [1.165, 1.54) is 12.1 Å². The highest BCUT2D eigenvalue weighted by Gasteiger charge is 2.28. The Morgan fingerprint density at radius 1 is 1.07 bits per heavy atom. The molecule has 1 unspecified atom stereocenters. The van der Waals surface area contributed by atoms with Gasteiger partial charge in [0.1, 0.15) is 16.9 Å². The summed E-state index contributed by atoms with van der Waals surface area (Å²) in [5, 5.41) is 3.64. The summed E-state index contributed by atoms with van der Waals surface area (Å²) < 4.78 is 21.2. The van der Waals surface area contributed by atoms with Crippen LogP contribution in [0.2, 0.25) is 5.02 Å². The number of primary amides is 1. The number of hydrogen-bond donors (Lipinski definition) is 2. The zero-order valence-corrected chi connectivity index (χ0v) is 24.7. The van der Waals surface area contributed by atoms with Gasteiger partial charge >= 0.3 is 6.09 Å². The second-order valence-electron chi connectivity index (χ2n) is 11.7. The van der Waals surface area contributed by atoms with Crippen LogP contribution in [0.15, 0.2) is 60.7 Å². The molecule has 0 bridgehead atoms. The quantitative estimate of drug-likeness (QED) is 0.272. The van der Waals surface area contributed by atoms with Gasteiger partial charge in [0.25, 0.3) is 5.91 Å². The molecular weight excluding hydrogens is 557 g/mol. The average Bonchev–Trinajstić information content (AvgIpc) is 3.28. The fourth-order valence-electron chi connectivity index (χ4n) is 5.32. The number of ether oxygens (including phenoxy) is 1. The highest BCUT2D eigenvalue weighted by Crippen LogP contribution is 2.31. The maximum absolute atomic E-state index is 13.7. The Kier molecular flexibility index (Phi) is 8.41. The number of alkyl carbamates (subject to hydrolysis) is 1. The Balaban J connectivity index is 1.55. The predicted octanol–water partition coefficient (Wildman–Crippen LogP) is 6.06. The van der Waals surface area contributed by atoms with Crippen molar-refractivity contribution in [1.82, 2.24) is 14.9 Å². The number of aromatic nitrogens is 2. The molecule has 3 N–H and O–H groups in total. The minimum atomic E-state index is -0.601. The van der Waals surface area contributed by atoms with Crippen LogP contribution in [0.1, 0.15) is 60.7 Å². The van der Waals surface area contributed by atoms with E-state index in [2.05, 4.69) is 10.2 Å². The summed E-state index contributed by atoms with van der Waals surface area (Å²) in [6.07, 6.45) is 1.73. The molecule has 1 atom stereocenters. The van der Waals surface area contributed by atoms with Gasteiger partial charge in [-0.15, -0.1) is 0 Å². The first-order chi connectivity index (χ1) is 19.9. The normalized spacial score (nSPS) is 15.5. The number of halogens is 2. The van der Waals surface area contributed by atoms with E-state index >= 15 is 0 Å². The molecule has 1 fully saturated rings. The van der Waals surface area contributed by atoms with Crippen molar-refractivity contribution >= 4 is 40.6 Å². The van der Waals surface area contributed by atoms with E-state index in [9.17, 15) is 14.0 Å². The van der Waals surface area contributed by atoms with Crippen molar-refractivity contribution in [2.45, 2.75) is 58.2 Å². The number of amides is 2. The number of carbonyl (C=O) groups excluding carboxylic acids is 2. The van der Waals surface area contributed by atoms with Gasteiger partial charge in [-0.2, -0.15) is 0 Å². The van der Waals surface area contributed by atoms with Crippen LogP contribution in [-0.4, -0.2) is 46.3 Å². The summed E-state index contributed by atoms with van der Waals surface area (Å²) >= 11 is 6.08. The van der Waals surface area contributed by atoms with Crippen LogP contribution in [0, 0.1) is 5.82 Å². The lowest BCUT2D eigenvalue weighted by atomic mass is 10.0. The molecule has 8 nitrogen and oxygen atoms in total. The Hall–Kier alpha value is -4.11. The van der Waals surface area contributed by atoms with E-state index in [4.69, 9.17) is 27.1 Å². The molecule has 0 saturated carbocycles. The first-order valence-electron chi connectivity index (χ1n) is 14.0. The smallest absolute Gasteiger partial charge is 0.407 e. The number of fused-ring (bicyclic) bond motifs is 1. The van der Waals surface area contributed by atoms with Gasteiger partial charge in [-0.1, -0.05) is 35.9 Å². The summed E-state index contributed by atoms with van der Waals surface area (Å²) in [6.45, 7) is 7.10. The minimum Gasteiger partial charge on any atom is -0.444 e. The summed E-state index contributed by atoms with van der Waals surface area (Å²) in [6, 6.07) is 17.6. The van der Waals surface area contributed by atoms with E-state index in [-0.39, 0.29) is 11.9 Å². The van der Waals surface area contributed by atoms with Crippen LogP contribution >= 0.6 is 11.6 Å². The number of nitrogens with one attached hydrogen (secondary N) is 1. The van der Waals surface area contributed by atoms with Crippen molar-refractivity contribution in [2.24, 2.45) is 5.73 Å². The Labute approximate surface area is 249 Å². The summed E-state index contributed by atoms with van der Waals surface area (Å²) in [5.74, 6) is -0.238. The molecule has 5 rings (SSSR count). The Morgan fingerprint density at radius 3 is 2.43 bits per heavy atom. The van der Waals surface area contributed by atoms with Gasteiger partial charge in [0.05, 0.1) is 17.6 Å². The molecule has 0 aliphatic carbocycles. The van der Waals surface area contributed by atoms with Gasteiger partial charge in [0.2, 0.25) is 5.95 Å². The molecule has 1 aliphatic rings. The monoisotopic (exact) mass is 591 g/mol. The van der Waals surface area contributed by atoms with Crippen molar-refractivity contribution in [3.8, 4) is 0 Å². The third kappa shape index (κ3) is 7.02. The third-order valence-electron chi connectivity index (χ3n) is 7.16. The molecule has 2 amide bonds. The maximum atomic E-state index is 13.7. The second-order valence-corrected chi connectivity index (χ2v) is 12.2. The molecule has 2 heterocycles. The van der Waals surface area contributed by atoms with Gasteiger partial charge in [0.15, 0.2) is 0 Å². The van der Waals surface area contributed by atoms with Gasteiger partial charge in [-0.25, -0.2) is 14.2 Å². The van der Waals surface area contributed by atoms with Gasteiger partial charge in [0, 0.05) is 24.2 Å². The van der Waals surface area contributed by atoms with Gasteiger partial charge < -0.3 is 25.3 Å². The lowest BCUT2D eigenvalue weighted by molar-refractivity contribution is 0.0499. The van der Waals surface area contributed by atoms with E-state index in [0.717, 1.165) is 35.0 Å². The first kappa shape index (κ1) is 29.4. The highest BCUT2D eigenvalue weighted by atomic mass is 35.5. The predicted molar refractivity (Wildman–Crippen MR) is 163 cm³/mol. The molecule has 1 aliphatic heterocycles. The zero-order chi connectivity index (χ0) is 30.0. The van der Waals surface area contributed by atoms with Crippen molar-refractivity contribution in [3.63, 3.8) is 0 Å². The van der Waals surface area contributed by atoms with Gasteiger partial charge in [-0.3, -0.25) is 4.79 Å². The highest BCUT2D eigenvalue weighted by molar-refractivity contribution is 6.30. The van der Waals surface area contributed by atoms with Crippen molar-refractivity contribution in [3.05, 3.63) is 93.8 Å². The lowest BCUT2D eigenvalue weighted by Gasteiger charge is -2.34. The number of rotatable bonds is 7. The maximum Gasteiger partial charge on any atom is 0.407 e. The van der Waals surface area contributed by atoms with E-state index in [1.54, 1.807) is 18.2 Å². The van der Waals surface area contributed by atoms with Crippen LogP contribution < -0.4 is 16.0 Å². The van der Waals surface area contributed by atoms with Gasteiger partial charge in [-0.05, 0) is 93.1 Å². The largest absolute Gasteiger partial charge is 0.444 e. The number of anilines is 1. The van der Waals surface area contributed by atoms with E-state index in [0.29, 0.717) is 48.1 Å². The summed E-state index contributed by atoms with van der Waals surface area (Å²) in [5.41, 5.74) is 9.66. The molecule has 220 valence electrons. The van der Waals surface area contributed by atoms with Crippen LogP contribution in [-0.2, 0) is 17.7 Å². The molecule has 42 heavy (non-hydrogen) atoms. The molecule has 0 spiro atoms. The Morgan fingerprint density at radius 2 is 1.76 bits per heavy atom. The van der Waals surface area contributed by atoms with Crippen molar-refractivity contribution in [2.75, 3.05) is 18.0 Å². The van der Waals surface area contributed by atoms with Crippen LogP contribution in [0.5, 0.6) is 0 Å². The minimum absolute atomic E-state index is 0.149. The van der Waals surface area contributed by atoms with Crippen LogP contribution in [0.4, 0.5) is 15.1 Å². The van der Waals surface area contributed by atoms with E-state index in [1.807, 2.05) is 55.7 Å². The fourth-order valence-corrected chi connectivity index (χ4v) is 5.44. The number of nitrogens with two attached hydrogens (primary N) is 1. The molecule has 1 aromatic heterocycles. The molecule has 1 saturated heterocycles. The third-order valence-corrected chi connectivity index (χ3v) is 7.41. The lowest BCUT2D eigenvalue weighted by Crippen LogP contribution is -2.49. The second kappa shape index (κ2) is 12.0. The fraction of sp³-hybridized carbons (Fsp3) is 0.344. The standard InChI is InChI=1S/C32H35ClFN5O3/c1-32(2,3)42-31(41)36-25-5-4-14-38(19-25)30-37-28-26(29(35)40)16-22(15-20-6-10-23(33)11-7-20)17-27(28)39(30)18-21-8-12-24(34)13-9-21/h6-13,16-17,25H,4-5,14-15,18-19H2,1-3H3,(H2,35,40)(H,36,41). The topological polar surface area (TPSA) is 102 Å². The zero-order valence-electron chi connectivity index (χ0n) is 24.0. The number of benzene rings is 3. The SMILES string of the molecule is CC(C)(C)OC(=O)NC1CCCN(c2nc3c(C(N)=O)cc(Cc4ccc(Cl)cc4)cc3n2Cc2ccc(F)cc2)C1. The first-order valence-corrected chi connectivity index (χ1v) is 14.4. The number of carbonyl (C=O) groups is 2. The average molecular weight is 592 g/mol. The van der Waals surface area contributed by atoms with Crippen molar-refractivity contribution < 1.29 is 18.7 Å². The molecule has 4 aromatic rings. The number of imidazole rings is 1. The molecule has 3 aromatic carbocycles. The molecule has 10 heteroatoms. The van der Waals surface area contributed by atoms with Crippen LogP contribution in [0.3, 0.4) is 0 Å². The molecule has 0 radical (unpaired) electrons. The summed E-state index contributed by atoms with van der Waals surface area (Å²) in [4.78, 5) is 32.3. The molecular formula is C32H35ClFN5O3. The number of nitrogens with zero attached hydrogens (tertiary/aromatic N) is 3. The van der Waals surface area contributed by atoms with Crippen LogP contribution in [0.25, 0.3) is 11.0 Å². The summed E-state index contributed by atoms with van der Waals surface area (Å²) in [7, 11) is 0. The van der Waals surface area contributed by atoms with E-state index < -0.39 is 17.6 Å². The van der Waals surface area contributed by atoms with Crippen molar-refractivity contribution in [1.29, 1.82) is 0 Å². The Bertz CT molecular complexity index is 1600. The number of hydrogen-bond acceptors (Lipinski definition) is 5. The number of piperidine rings is 1.